The number of carbonyl (C=O) groups excluding carboxylic acids is 4. The number of imide groups is 2. The van der Waals surface area contributed by atoms with E-state index in [1.165, 1.54) is 6.07 Å². The maximum atomic E-state index is 13.8. The summed E-state index contributed by atoms with van der Waals surface area (Å²) in [5, 5.41) is 2.11. The number of nitrogens with one attached hydrogen (secondary N) is 1. The Morgan fingerprint density at radius 3 is 2.45 bits per heavy atom. The average molecular weight is 306 g/mol. The van der Waals surface area contributed by atoms with Crippen molar-refractivity contribution in [2.24, 2.45) is 0 Å². The first-order valence-electron chi connectivity index (χ1n) is 6.98. The highest BCUT2D eigenvalue weighted by molar-refractivity contribution is 6.23. The summed E-state index contributed by atoms with van der Waals surface area (Å²) in [7, 11) is 0. The van der Waals surface area contributed by atoms with Crippen LogP contribution in [0.1, 0.15) is 47.5 Å². The van der Waals surface area contributed by atoms with E-state index in [2.05, 4.69) is 5.32 Å². The Labute approximate surface area is 126 Å². The first-order chi connectivity index (χ1) is 10.4. The molecule has 1 saturated heterocycles. The van der Waals surface area contributed by atoms with Gasteiger partial charge in [-0.25, -0.2) is 4.39 Å². The standard InChI is InChI=1S/C15H13FN2O4.H2/c1-2-7-5-8-9(6-10(7)16)15(22)18(14(8)21)11-3-4-12(19)17-13(11)20;/h5-6,11H,2-4H2,1H3,(H,17,19,20);1H. The van der Waals surface area contributed by atoms with Gasteiger partial charge in [-0.1, -0.05) is 6.92 Å². The Bertz CT molecular complexity index is 734. The molecule has 2 heterocycles. The third-order valence-corrected chi connectivity index (χ3v) is 3.99. The number of halogens is 1. The van der Waals surface area contributed by atoms with Gasteiger partial charge >= 0.3 is 0 Å². The summed E-state index contributed by atoms with van der Waals surface area (Å²) in [6, 6.07) is 1.37. The summed E-state index contributed by atoms with van der Waals surface area (Å²) in [5.74, 6) is -2.98. The normalized spacial score (nSPS) is 21.2. The van der Waals surface area contributed by atoms with Crippen molar-refractivity contribution in [3.05, 3.63) is 34.6 Å². The van der Waals surface area contributed by atoms with Crippen LogP contribution in [0.4, 0.5) is 4.39 Å². The predicted molar refractivity (Wildman–Crippen MR) is 74.6 cm³/mol. The molecule has 0 radical (unpaired) electrons. The molecule has 1 N–H and O–H groups in total. The summed E-state index contributed by atoms with van der Waals surface area (Å²) in [6.07, 6.45) is 0.524. The summed E-state index contributed by atoms with van der Waals surface area (Å²) in [6.45, 7) is 1.74. The molecule has 4 amide bonds. The fourth-order valence-corrected chi connectivity index (χ4v) is 2.81. The number of aryl methyl sites for hydroxylation is 1. The number of amides is 4. The first kappa shape index (κ1) is 14.4. The van der Waals surface area contributed by atoms with Gasteiger partial charge < -0.3 is 0 Å². The topological polar surface area (TPSA) is 83.6 Å². The Morgan fingerprint density at radius 2 is 1.86 bits per heavy atom. The van der Waals surface area contributed by atoms with Gasteiger partial charge in [0.1, 0.15) is 11.9 Å². The molecule has 1 aromatic carbocycles. The second kappa shape index (κ2) is 5.01. The minimum absolute atomic E-state index is 0. The largest absolute Gasteiger partial charge is 0.295 e. The van der Waals surface area contributed by atoms with Crippen LogP contribution in [0.25, 0.3) is 0 Å². The number of fused-ring (bicyclic) bond motifs is 1. The summed E-state index contributed by atoms with van der Waals surface area (Å²) < 4.78 is 13.8. The quantitative estimate of drug-likeness (QED) is 0.827. The van der Waals surface area contributed by atoms with Gasteiger partial charge in [0, 0.05) is 7.85 Å². The van der Waals surface area contributed by atoms with Crippen LogP contribution >= 0.6 is 0 Å². The van der Waals surface area contributed by atoms with E-state index >= 15 is 0 Å². The van der Waals surface area contributed by atoms with Crippen molar-refractivity contribution >= 4 is 23.6 Å². The van der Waals surface area contributed by atoms with E-state index in [1.54, 1.807) is 6.92 Å². The highest BCUT2D eigenvalue weighted by atomic mass is 19.1. The van der Waals surface area contributed by atoms with Crippen LogP contribution in [0.2, 0.25) is 0 Å². The zero-order valence-corrected chi connectivity index (χ0v) is 11.8. The molecule has 22 heavy (non-hydrogen) atoms. The Kier molecular flexibility index (Phi) is 3.27. The fourth-order valence-electron chi connectivity index (χ4n) is 2.81. The zero-order chi connectivity index (χ0) is 16.0. The second-order valence-electron chi connectivity index (χ2n) is 5.29. The smallest absolute Gasteiger partial charge is 0.262 e. The lowest BCUT2D eigenvalue weighted by molar-refractivity contribution is -0.136. The van der Waals surface area contributed by atoms with Crippen LogP contribution in [0.3, 0.4) is 0 Å². The van der Waals surface area contributed by atoms with E-state index in [0.29, 0.717) is 12.0 Å². The molecule has 0 bridgehead atoms. The van der Waals surface area contributed by atoms with Crippen LogP contribution in [0.15, 0.2) is 12.1 Å². The second-order valence-corrected chi connectivity index (χ2v) is 5.29. The molecule has 6 nitrogen and oxygen atoms in total. The van der Waals surface area contributed by atoms with Crippen LogP contribution < -0.4 is 5.32 Å². The molecular weight excluding hydrogens is 291 g/mol. The van der Waals surface area contributed by atoms with E-state index in [4.69, 9.17) is 0 Å². The molecule has 2 aliphatic heterocycles. The molecule has 1 fully saturated rings. The number of benzene rings is 1. The van der Waals surface area contributed by atoms with Gasteiger partial charge in [-0.05, 0) is 30.5 Å². The van der Waals surface area contributed by atoms with Gasteiger partial charge in [-0.3, -0.25) is 29.4 Å². The summed E-state index contributed by atoms with van der Waals surface area (Å²) >= 11 is 0. The van der Waals surface area contributed by atoms with Crippen molar-refractivity contribution in [3.8, 4) is 0 Å². The molecule has 1 atom stereocenters. The summed E-state index contributed by atoms with van der Waals surface area (Å²) in [4.78, 5) is 48.7. The molecule has 2 aliphatic rings. The Balaban J connectivity index is 0.00000192. The van der Waals surface area contributed by atoms with Crippen molar-refractivity contribution in [2.45, 2.75) is 32.2 Å². The van der Waals surface area contributed by atoms with Gasteiger partial charge in [-0.2, -0.15) is 0 Å². The minimum Gasteiger partial charge on any atom is -0.295 e. The lowest BCUT2D eigenvalue weighted by atomic mass is 10.0. The molecule has 0 aliphatic carbocycles. The van der Waals surface area contributed by atoms with Crippen LogP contribution in [0.5, 0.6) is 0 Å². The minimum atomic E-state index is -1.03. The predicted octanol–water partition coefficient (Wildman–Crippen LogP) is 1.04. The van der Waals surface area contributed by atoms with Gasteiger partial charge in [0.25, 0.3) is 11.8 Å². The van der Waals surface area contributed by atoms with Gasteiger partial charge in [0.2, 0.25) is 11.8 Å². The number of rotatable bonds is 2. The third kappa shape index (κ3) is 2.01. The van der Waals surface area contributed by atoms with E-state index in [1.807, 2.05) is 0 Å². The van der Waals surface area contributed by atoms with Gasteiger partial charge in [0.05, 0.1) is 11.1 Å². The molecule has 0 saturated carbocycles. The molecular formula is C15H15FN2O4. The molecule has 0 aromatic heterocycles. The number of carbonyl (C=O) groups is 4. The van der Waals surface area contributed by atoms with Crippen molar-refractivity contribution in [1.82, 2.24) is 10.2 Å². The molecule has 1 aromatic rings. The number of hydrogen-bond acceptors (Lipinski definition) is 4. The van der Waals surface area contributed by atoms with Crippen molar-refractivity contribution in [2.75, 3.05) is 0 Å². The summed E-state index contributed by atoms with van der Waals surface area (Å²) in [5.41, 5.74) is 0.405. The highest BCUT2D eigenvalue weighted by Gasteiger charge is 2.44. The molecule has 3 rings (SSSR count). The lowest BCUT2D eigenvalue weighted by Crippen LogP contribution is -2.54. The van der Waals surface area contributed by atoms with Crippen molar-refractivity contribution < 1.29 is 25.0 Å². The SMILES string of the molecule is CCc1cc2c(cc1F)C(=O)N(C1CCC(=O)NC1=O)C2=O.[HH]. The fraction of sp³-hybridized carbons (Fsp3) is 0.333. The van der Waals surface area contributed by atoms with Crippen molar-refractivity contribution in [1.29, 1.82) is 0 Å². The maximum absolute atomic E-state index is 13.8. The Morgan fingerprint density at radius 1 is 1.23 bits per heavy atom. The van der Waals surface area contributed by atoms with Gasteiger partial charge in [0.15, 0.2) is 0 Å². The number of hydrogen-bond donors (Lipinski definition) is 1. The van der Waals surface area contributed by atoms with E-state index in [0.717, 1.165) is 11.0 Å². The average Bonchev–Trinajstić information content (AvgIpc) is 2.70. The highest BCUT2D eigenvalue weighted by Crippen LogP contribution is 2.29. The van der Waals surface area contributed by atoms with Crippen LogP contribution in [-0.4, -0.2) is 34.6 Å². The maximum Gasteiger partial charge on any atom is 0.262 e. The third-order valence-electron chi connectivity index (χ3n) is 3.99. The molecule has 0 spiro atoms. The number of piperidine rings is 1. The lowest BCUT2D eigenvalue weighted by Gasteiger charge is -2.27. The molecule has 7 heteroatoms. The first-order valence-corrected chi connectivity index (χ1v) is 6.98. The Hall–Kier alpha value is -2.57. The zero-order valence-electron chi connectivity index (χ0n) is 11.8. The monoisotopic (exact) mass is 306 g/mol. The molecule has 116 valence electrons. The van der Waals surface area contributed by atoms with E-state index in [-0.39, 0.29) is 25.4 Å². The van der Waals surface area contributed by atoms with E-state index < -0.39 is 35.5 Å². The van der Waals surface area contributed by atoms with Gasteiger partial charge in [-0.15, -0.1) is 0 Å². The number of nitrogens with zero attached hydrogens (tertiary/aromatic N) is 1. The van der Waals surface area contributed by atoms with E-state index in [9.17, 15) is 23.6 Å². The van der Waals surface area contributed by atoms with Crippen molar-refractivity contribution in [3.63, 3.8) is 0 Å². The van der Waals surface area contributed by atoms with Crippen LogP contribution in [0, 0.1) is 5.82 Å². The van der Waals surface area contributed by atoms with Crippen LogP contribution in [-0.2, 0) is 16.0 Å². The molecule has 1 unspecified atom stereocenters.